The van der Waals surface area contributed by atoms with Crippen LogP contribution >= 0.6 is 15.9 Å². The Labute approximate surface area is 145 Å². The van der Waals surface area contributed by atoms with Gasteiger partial charge in [-0.1, -0.05) is 22.0 Å². The van der Waals surface area contributed by atoms with E-state index in [4.69, 9.17) is 0 Å². The molecule has 6 nitrogen and oxygen atoms in total. The summed E-state index contributed by atoms with van der Waals surface area (Å²) in [6, 6.07) is 6.76. The molecule has 0 aliphatic carbocycles. The van der Waals surface area contributed by atoms with Gasteiger partial charge in [0.1, 0.15) is 0 Å². The number of piperazine rings is 1. The predicted octanol–water partition coefficient (Wildman–Crippen LogP) is 1.97. The topological polar surface area (TPSA) is 60.9 Å². The van der Waals surface area contributed by atoms with Crippen molar-refractivity contribution in [3.05, 3.63) is 28.7 Å². The van der Waals surface area contributed by atoms with Gasteiger partial charge in [0, 0.05) is 43.7 Å². The second-order valence-electron chi connectivity index (χ2n) is 5.83. The summed E-state index contributed by atoms with van der Waals surface area (Å²) in [4.78, 5) is 16.3. The van der Waals surface area contributed by atoms with Crippen molar-refractivity contribution in [3.63, 3.8) is 0 Å². The molecule has 1 aromatic carbocycles. The molecule has 2 heterocycles. The van der Waals surface area contributed by atoms with Crippen LogP contribution in [-0.4, -0.2) is 67.8 Å². The zero-order chi connectivity index (χ0) is 16.4. The maximum Gasteiger partial charge on any atom is 0.320 e. The molecule has 0 bridgehead atoms. The van der Waals surface area contributed by atoms with Crippen molar-refractivity contribution in [2.24, 2.45) is 0 Å². The van der Waals surface area contributed by atoms with E-state index in [1.807, 2.05) is 4.90 Å². The van der Waals surface area contributed by atoms with Crippen molar-refractivity contribution in [1.29, 1.82) is 0 Å². The molecule has 23 heavy (non-hydrogen) atoms. The first-order valence-electron chi connectivity index (χ1n) is 7.78. The zero-order valence-electron chi connectivity index (χ0n) is 12.8. The Bertz CT molecular complexity index is 681. The van der Waals surface area contributed by atoms with Gasteiger partial charge in [-0.2, -0.15) is 4.31 Å². The summed E-state index contributed by atoms with van der Waals surface area (Å²) in [5, 5.41) is 0. The first kappa shape index (κ1) is 16.7. The standard InChI is InChI=1S/C15H20BrN3O3S/c16-13-4-3-5-14(12-13)23(21,22)19-10-8-18(9-11-19)15(20)17-6-1-2-7-17/h3-5,12H,1-2,6-11H2. The Balaban J connectivity index is 1.65. The van der Waals surface area contributed by atoms with E-state index in [-0.39, 0.29) is 10.9 Å². The molecule has 0 spiro atoms. The predicted molar refractivity (Wildman–Crippen MR) is 90.7 cm³/mol. The van der Waals surface area contributed by atoms with Gasteiger partial charge in [0.05, 0.1) is 4.90 Å². The number of amides is 2. The minimum Gasteiger partial charge on any atom is -0.325 e. The van der Waals surface area contributed by atoms with Gasteiger partial charge in [-0.15, -0.1) is 0 Å². The lowest BCUT2D eigenvalue weighted by Crippen LogP contribution is -2.53. The quantitative estimate of drug-likeness (QED) is 0.760. The molecule has 0 aromatic heterocycles. The maximum atomic E-state index is 12.7. The van der Waals surface area contributed by atoms with Crippen LogP contribution in [0.25, 0.3) is 0 Å². The van der Waals surface area contributed by atoms with Crippen LogP contribution in [0, 0.1) is 0 Å². The number of carbonyl (C=O) groups excluding carboxylic acids is 1. The number of hydrogen-bond acceptors (Lipinski definition) is 3. The molecule has 2 amide bonds. The number of hydrogen-bond donors (Lipinski definition) is 0. The fourth-order valence-electron chi connectivity index (χ4n) is 3.00. The smallest absolute Gasteiger partial charge is 0.320 e. The van der Waals surface area contributed by atoms with E-state index >= 15 is 0 Å². The first-order valence-corrected chi connectivity index (χ1v) is 10.0. The highest BCUT2D eigenvalue weighted by atomic mass is 79.9. The lowest BCUT2D eigenvalue weighted by molar-refractivity contribution is 0.142. The SMILES string of the molecule is O=C(N1CCCC1)N1CCN(S(=O)(=O)c2cccc(Br)c2)CC1. The van der Waals surface area contributed by atoms with Gasteiger partial charge in [-0.25, -0.2) is 13.2 Å². The fourth-order valence-corrected chi connectivity index (χ4v) is 5.02. The largest absolute Gasteiger partial charge is 0.325 e. The van der Waals surface area contributed by atoms with Crippen molar-refractivity contribution in [1.82, 2.24) is 14.1 Å². The van der Waals surface area contributed by atoms with E-state index in [0.29, 0.717) is 26.2 Å². The number of likely N-dealkylation sites (tertiary alicyclic amines) is 1. The highest BCUT2D eigenvalue weighted by Gasteiger charge is 2.32. The van der Waals surface area contributed by atoms with Crippen molar-refractivity contribution in [2.75, 3.05) is 39.3 Å². The van der Waals surface area contributed by atoms with Gasteiger partial charge in [0.15, 0.2) is 0 Å². The van der Waals surface area contributed by atoms with Crippen LogP contribution in [-0.2, 0) is 10.0 Å². The summed E-state index contributed by atoms with van der Waals surface area (Å²) >= 11 is 3.30. The van der Waals surface area contributed by atoms with Gasteiger partial charge >= 0.3 is 6.03 Å². The Morgan fingerprint density at radius 1 is 0.957 bits per heavy atom. The third-order valence-electron chi connectivity index (χ3n) is 4.32. The third-order valence-corrected chi connectivity index (χ3v) is 6.71. The molecule has 1 aromatic rings. The molecule has 126 valence electrons. The van der Waals surface area contributed by atoms with Crippen LogP contribution in [0.1, 0.15) is 12.8 Å². The van der Waals surface area contributed by atoms with Crippen molar-refractivity contribution in [2.45, 2.75) is 17.7 Å². The van der Waals surface area contributed by atoms with E-state index in [1.54, 1.807) is 29.2 Å². The van der Waals surface area contributed by atoms with Gasteiger partial charge in [-0.3, -0.25) is 0 Å². The average molecular weight is 402 g/mol. The molecule has 2 fully saturated rings. The highest BCUT2D eigenvalue weighted by Crippen LogP contribution is 2.21. The van der Waals surface area contributed by atoms with E-state index in [2.05, 4.69) is 15.9 Å². The van der Waals surface area contributed by atoms with Gasteiger partial charge in [0.25, 0.3) is 0 Å². The highest BCUT2D eigenvalue weighted by molar-refractivity contribution is 9.10. The minimum absolute atomic E-state index is 0.0435. The molecule has 0 saturated carbocycles. The first-order chi connectivity index (χ1) is 11.0. The Kier molecular flexibility index (Phi) is 4.93. The number of urea groups is 1. The number of nitrogens with zero attached hydrogens (tertiary/aromatic N) is 3. The summed E-state index contributed by atoms with van der Waals surface area (Å²) in [7, 11) is -3.50. The van der Waals surface area contributed by atoms with E-state index in [9.17, 15) is 13.2 Å². The van der Waals surface area contributed by atoms with E-state index in [1.165, 1.54) is 4.31 Å². The average Bonchev–Trinajstić information content (AvgIpc) is 3.09. The van der Waals surface area contributed by atoms with Crippen molar-refractivity contribution in [3.8, 4) is 0 Å². The van der Waals surface area contributed by atoms with Gasteiger partial charge in [0.2, 0.25) is 10.0 Å². The van der Waals surface area contributed by atoms with Gasteiger partial charge < -0.3 is 9.80 Å². The summed E-state index contributed by atoms with van der Waals surface area (Å²) in [6.45, 7) is 3.21. The molecule has 8 heteroatoms. The molecule has 0 unspecified atom stereocenters. The molecule has 0 atom stereocenters. The van der Waals surface area contributed by atoms with Crippen molar-refractivity contribution >= 4 is 32.0 Å². The zero-order valence-corrected chi connectivity index (χ0v) is 15.2. The summed E-state index contributed by atoms with van der Waals surface area (Å²) in [5.74, 6) is 0. The molecule has 0 radical (unpaired) electrons. The van der Waals surface area contributed by atoms with Crippen LogP contribution in [0.3, 0.4) is 0 Å². The van der Waals surface area contributed by atoms with Crippen LogP contribution in [0.4, 0.5) is 4.79 Å². The summed E-state index contributed by atoms with van der Waals surface area (Å²) in [6.07, 6.45) is 2.12. The molecule has 0 N–H and O–H groups in total. The Hall–Kier alpha value is -1.12. The normalized spacial score (nSPS) is 20.0. The Morgan fingerprint density at radius 2 is 1.57 bits per heavy atom. The monoisotopic (exact) mass is 401 g/mol. The van der Waals surface area contributed by atoms with Crippen LogP contribution in [0.2, 0.25) is 0 Å². The summed E-state index contributed by atoms with van der Waals surface area (Å²) < 4.78 is 27.5. The lowest BCUT2D eigenvalue weighted by atomic mass is 10.4. The van der Waals surface area contributed by atoms with E-state index in [0.717, 1.165) is 30.4 Å². The second kappa shape index (κ2) is 6.78. The van der Waals surface area contributed by atoms with Crippen LogP contribution < -0.4 is 0 Å². The third kappa shape index (κ3) is 3.54. The minimum atomic E-state index is -3.50. The second-order valence-corrected chi connectivity index (χ2v) is 8.68. The molecule has 2 aliphatic heterocycles. The molecule has 3 rings (SSSR count). The Morgan fingerprint density at radius 3 is 2.17 bits per heavy atom. The molecular formula is C15H20BrN3O3S. The lowest BCUT2D eigenvalue weighted by Gasteiger charge is -2.36. The molecule has 2 aliphatic rings. The fraction of sp³-hybridized carbons (Fsp3) is 0.533. The van der Waals surface area contributed by atoms with Crippen LogP contribution in [0.5, 0.6) is 0 Å². The number of rotatable bonds is 2. The van der Waals surface area contributed by atoms with Crippen LogP contribution in [0.15, 0.2) is 33.6 Å². The number of sulfonamides is 1. The van der Waals surface area contributed by atoms with Crippen molar-refractivity contribution < 1.29 is 13.2 Å². The number of benzene rings is 1. The molecular weight excluding hydrogens is 382 g/mol. The van der Waals surface area contributed by atoms with Gasteiger partial charge in [-0.05, 0) is 31.0 Å². The number of halogens is 1. The van der Waals surface area contributed by atoms with E-state index < -0.39 is 10.0 Å². The molecule has 2 saturated heterocycles. The number of carbonyl (C=O) groups is 1. The maximum absolute atomic E-state index is 12.7. The summed E-state index contributed by atoms with van der Waals surface area (Å²) in [5.41, 5.74) is 0.